The first-order valence-corrected chi connectivity index (χ1v) is 10.0. The van der Waals surface area contributed by atoms with Crippen LogP contribution in [0.3, 0.4) is 0 Å². The molecule has 0 aliphatic carbocycles. The third kappa shape index (κ3) is 5.86. The zero-order valence-corrected chi connectivity index (χ0v) is 15.9. The highest BCUT2D eigenvalue weighted by molar-refractivity contribution is 7.85. The van der Waals surface area contributed by atoms with Crippen LogP contribution >= 0.6 is 0 Å². The van der Waals surface area contributed by atoms with Crippen LogP contribution in [0.1, 0.15) is 32.3 Å². The summed E-state index contributed by atoms with van der Waals surface area (Å²) in [6, 6.07) is 13.7. The summed E-state index contributed by atoms with van der Waals surface area (Å²) in [5.74, 6) is 0. The number of hydrogen-bond acceptors (Lipinski definition) is 6. The standard InChI is InChI=1S/C19H25N3O3S/c1-3-13-22(14-4-2)18-9-5-16(6-10-18)15-20-21-17-7-11-19(12-8-17)26(23,24)25/h5-12,15,21H,3-4,13-14H2,1-2H3,(H,23,24,25)/p-1/b20-15-. The lowest BCUT2D eigenvalue weighted by molar-refractivity contribution is 0.463. The Morgan fingerprint density at radius 3 is 2.08 bits per heavy atom. The molecule has 2 rings (SSSR count). The Labute approximate surface area is 155 Å². The van der Waals surface area contributed by atoms with Gasteiger partial charge >= 0.3 is 0 Å². The van der Waals surface area contributed by atoms with Gasteiger partial charge in [0.1, 0.15) is 10.1 Å². The van der Waals surface area contributed by atoms with E-state index in [0.29, 0.717) is 5.69 Å². The van der Waals surface area contributed by atoms with Crippen molar-refractivity contribution in [3.63, 3.8) is 0 Å². The predicted octanol–water partition coefficient (Wildman–Crippen LogP) is 3.66. The van der Waals surface area contributed by atoms with E-state index in [1.807, 2.05) is 12.1 Å². The average molecular weight is 374 g/mol. The van der Waals surface area contributed by atoms with E-state index in [1.165, 1.54) is 30.0 Å². The highest BCUT2D eigenvalue weighted by atomic mass is 32.2. The van der Waals surface area contributed by atoms with Gasteiger partial charge in [0.15, 0.2) is 0 Å². The normalized spacial score (nSPS) is 11.7. The zero-order valence-electron chi connectivity index (χ0n) is 15.1. The molecule has 0 saturated carbocycles. The molecule has 1 N–H and O–H groups in total. The van der Waals surface area contributed by atoms with Crippen LogP contribution in [0.2, 0.25) is 0 Å². The molecule has 0 aliphatic heterocycles. The lowest BCUT2D eigenvalue weighted by Gasteiger charge is -2.23. The third-order valence-electron chi connectivity index (χ3n) is 3.80. The highest BCUT2D eigenvalue weighted by Gasteiger charge is 2.04. The number of benzene rings is 2. The molecule has 0 bridgehead atoms. The van der Waals surface area contributed by atoms with Gasteiger partial charge in [0.2, 0.25) is 0 Å². The van der Waals surface area contributed by atoms with E-state index < -0.39 is 10.1 Å². The van der Waals surface area contributed by atoms with Gasteiger partial charge in [0.25, 0.3) is 0 Å². The molecule has 0 saturated heterocycles. The number of anilines is 2. The van der Waals surface area contributed by atoms with Crippen LogP contribution in [-0.4, -0.2) is 32.3 Å². The van der Waals surface area contributed by atoms with E-state index in [0.717, 1.165) is 31.5 Å². The molecule has 0 unspecified atom stereocenters. The number of rotatable bonds is 9. The molecular weight excluding hydrogens is 350 g/mol. The van der Waals surface area contributed by atoms with E-state index in [9.17, 15) is 13.0 Å². The van der Waals surface area contributed by atoms with Crippen molar-refractivity contribution in [3.8, 4) is 0 Å². The van der Waals surface area contributed by atoms with Crippen molar-refractivity contribution in [1.29, 1.82) is 0 Å². The highest BCUT2D eigenvalue weighted by Crippen LogP contribution is 2.16. The molecule has 6 nitrogen and oxygen atoms in total. The Kier molecular flexibility index (Phi) is 7.17. The van der Waals surface area contributed by atoms with Gasteiger partial charge in [0.05, 0.1) is 16.8 Å². The molecule has 0 radical (unpaired) electrons. The van der Waals surface area contributed by atoms with Gasteiger partial charge in [-0.1, -0.05) is 26.0 Å². The Balaban J connectivity index is 1.98. The lowest BCUT2D eigenvalue weighted by Crippen LogP contribution is -2.24. The summed E-state index contributed by atoms with van der Waals surface area (Å²) in [5, 5.41) is 4.13. The molecule has 0 amide bonds. The van der Waals surface area contributed by atoms with Crippen LogP contribution in [0.4, 0.5) is 11.4 Å². The minimum absolute atomic E-state index is 0.258. The smallest absolute Gasteiger partial charge is 0.124 e. The molecule has 140 valence electrons. The van der Waals surface area contributed by atoms with Gasteiger partial charge in [-0.2, -0.15) is 5.10 Å². The Morgan fingerprint density at radius 2 is 1.58 bits per heavy atom. The van der Waals surface area contributed by atoms with Crippen molar-refractivity contribution in [2.75, 3.05) is 23.4 Å². The minimum Gasteiger partial charge on any atom is -0.744 e. The number of nitrogens with zero attached hydrogens (tertiary/aromatic N) is 2. The van der Waals surface area contributed by atoms with Gasteiger partial charge in [-0.05, 0) is 54.8 Å². The van der Waals surface area contributed by atoms with Crippen LogP contribution in [0, 0.1) is 0 Å². The lowest BCUT2D eigenvalue weighted by atomic mass is 10.2. The fourth-order valence-corrected chi connectivity index (χ4v) is 3.03. The van der Waals surface area contributed by atoms with Crippen LogP contribution in [0.5, 0.6) is 0 Å². The quantitative estimate of drug-likeness (QED) is 0.411. The molecule has 2 aromatic rings. The molecule has 2 aromatic carbocycles. The van der Waals surface area contributed by atoms with Gasteiger partial charge in [-0.25, -0.2) is 8.42 Å². The van der Waals surface area contributed by atoms with Crippen molar-refractivity contribution in [2.45, 2.75) is 31.6 Å². The molecule has 0 spiro atoms. The van der Waals surface area contributed by atoms with Crippen molar-refractivity contribution in [3.05, 3.63) is 54.1 Å². The predicted molar refractivity (Wildman–Crippen MR) is 105 cm³/mol. The van der Waals surface area contributed by atoms with Gasteiger partial charge in [-0.15, -0.1) is 0 Å². The fourth-order valence-electron chi connectivity index (χ4n) is 2.56. The molecule has 0 atom stereocenters. The van der Waals surface area contributed by atoms with Crippen LogP contribution in [0.15, 0.2) is 58.5 Å². The minimum atomic E-state index is -4.42. The maximum absolute atomic E-state index is 10.9. The van der Waals surface area contributed by atoms with Crippen LogP contribution < -0.4 is 10.3 Å². The van der Waals surface area contributed by atoms with E-state index >= 15 is 0 Å². The van der Waals surface area contributed by atoms with Gasteiger partial charge in [-0.3, -0.25) is 5.43 Å². The second-order valence-corrected chi connectivity index (χ2v) is 7.31. The van der Waals surface area contributed by atoms with E-state index in [4.69, 9.17) is 0 Å². The molecule has 26 heavy (non-hydrogen) atoms. The Morgan fingerprint density at radius 1 is 1.00 bits per heavy atom. The summed E-state index contributed by atoms with van der Waals surface area (Å²) >= 11 is 0. The maximum atomic E-state index is 10.9. The first-order valence-electron chi connectivity index (χ1n) is 8.64. The Bertz CT molecular complexity index is 810. The average Bonchev–Trinajstić information content (AvgIpc) is 2.62. The molecular formula is C19H24N3O3S-. The van der Waals surface area contributed by atoms with Gasteiger partial charge in [0, 0.05) is 18.8 Å². The summed E-state index contributed by atoms with van der Waals surface area (Å²) < 4.78 is 32.7. The summed E-state index contributed by atoms with van der Waals surface area (Å²) in [5.41, 5.74) is 5.57. The van der Waals surface area contributed by atoms with Gasteiger partial charge < -0.3 is 9.45 Å². The summed E-state index contributed by atoms with van der Waals surface area (Å²) in [6.45, 7) is 6.43. The number of nitrogens with one attached hydrogen (secondary N) is 1. The molecule has 7 heteroatoms. The molecule has 0 aliphatic rings. The first-order chi connectivity index (χ1) is 12.4. The van der Waals surface area contributed by atoms with E-state index in [-0.39, 0.29) is 4.90 Å². The molecule has 0 heterocycles. The van der Waals surface area contributed by atoms with E-state index in [1.54, 1.807) is 6.21 Å². The van der Waals surface area contributed by atoms with Crippen LogP contribution in [0.25, 0.3) is 0 Å². The Hall–Kier alpha value is -2.38. The van der Waals surface area contributed by atoms with E-state index in [2.05, 4.69) is 41.4 Å². The maximum Gasteiger partial charge on any atom is 0.124 e. The van der Waals surface area contributed by atoms with Crippen molar-refractivity contribution < 1.29 is 13.0 Å². The molecule has 0 aromatic heterocycles. The van der Waals surface area contributed by atoms with Crippen molar-refractivity contribution >= 4 is 27.7 Å². The molecule has 0 fully saturated rings. The summed E-state index contributed by atoms with van der Waals surface area (Å²) in [4.78, 5) is 2.11. The second-order valence-electron chi connectivity index (χ2n) is 5.93. The zero-order chi connectivity index (χ0) is 19.0. The second kappa shape index (κ2) is 9.35. The largest absolute Gasteiger partial charge is 0.744 e. The SMILES string of the molecule is CCCN(CCC)c1ccc(/C=N\Nc2ccc(S(=O)(=O)[O-])cc2)cc1. The summed E-state index contributed by atoms with van der Waals surface area (Å²) in [6.07, 6.45) is 3.91. The van der Waals surface area contributed by atoms with Crippen molar-refractivity contribution in [1.82, 2.24) is 0 Å². The van der Waals surface area contributed by atoms with Crippen molar-refractivity contribution in [2.24, 2.45) is 5.10 Å². The number of hydrogen-bond donors (Lipinski definition) is 1. The monoisotopic (exact) mass is 374 g/mol. The van der Waals surface area contributed by atoms with Crippen LogP contribution in [-0.2, 0) is 10.1 Å². The summed E-state index contributed by atoms with van der Waals surface area (Å²) in [7, 11) is -4.42. The first kappa shape index (κ1) is 19.9. The number of hydrazone groups is 1. The third-order valence-corrected chi connectivity index (χ3v) is 4.65. The fraction of sp³-hybridized carbons (Fsp3) is 0.316. The topological polar surface area (TPSA) is 84.8 Å².